The minimum absolute atomic E-state index is 0.0751. The van der Waals surface area contributed by atoms with Crippen LogP contribution in [0.3, 0.4) is 0 Å². The highest BCUT2D eigenvalue weighted by Gasteiger charge is 2.11. The van der Waals surface area contributed by atoms with Crippen LogP contribution in [0, 0.1) is 0 Å². The van der Waals surface area contributed by atoms with Crippen molar-refractivity contribution in [1.29, 1.82) is 0 Å². The monoisotopic (exact) mass is 473 g/mol. The quantitative estimate of drug-likeness (QED) is 0.405. The second kappa shape index (κ2) is 11.2. The molecule has 3 aromatic rings. The molecule has 0 fully saturated rings. The van der Waals surface area contributed by atoms with E-state index in [-0.39, 0.29) is 24.0 Å². The van der Waals surface area contributed by atoms with Gasteiger partial charge < -0.3 is 14.8 Å². The second-order valence-corrected chi connectivity index (χ2v) is 7.49. The predicted octanol–water partition coefficient (Wildman–Crippen LogP) is 5.42. The number of ether oxygens (including phenoxy) is 2. The Labute approximate surface area is 193 Å². The molecule has 2 amide bonds. The van der Waals surface area contributed by atoms with Crippen molar-refractivity contribution in [1.82, 2.24) is 4.98 Å². The van der Waals surface area contributed by atoms with Crippen LogP contribution in [0.25, 0.3) is 17.3 Å². The highest BCUT2D eigenvalue weighted by molar-refractivity contribution is 7.14. The highest BCUT2D eigenvalue weighted by atomic mass is 32.1. The van der Waals surface area contributed by atoms with Gasteiger partial charge in [0.2, 0.25) is 11.8 Å². The van der Waals surface area contributed by atoms with Gasteiger partial charge in [-0.15, -0.1) is 11.3 Å². The maximum Gasteiger partial charge on any atom is 0.387 e. The number of amides is 2. The lowest BCUT2D eigenvalue weighted by Crippen LogP contribution is -2.07. The van der Waals surface area contributed by atoms with E-state index in [1.165, 1.54) is 48.6 Å². The van der Waals surface area contributed by atoms with Gasteiger partial charge in [-0.25, -0.2) is 4.98 Å². The zero-order valence-corrected chi connectivity index (χ0v) is 18.6. The number of carbonyl (C=O) groups is 2. The van der Waals surface area contributed by atoms with Gasteiger partial charge in [0.05, 0.1) is 12.3 Å². The molecule has 33 heavy (non-hydrogen) atoms. The molecule has 0 saturated heterocycles. The fraction of sp³-hybridized carbons (Fsp3) is 0.174. The largest absolute Gasteiger partial charge is 0.490 e. The Morgan fingerprint density at radius 3 is 2.55 bits per heavy atom. The lowest BCUT2D eigenvalue weighted by Gasteiger charge is -2.11. The lowest BCUT2D eigenvalue weighted by molar-refractivity contribution is -0.114. The van der Waals surface area contributed by atoms with Crippen molar-refractivity contribution in [3.8, 4) is 22.8 Å². The lowest BCUT2D eigenvalue weighted by atomic mass is 10.1. The average molecular weight is 474 g/mol. The Hall–Kier alpha value is -3.79. The summed E-state index contributed by atoms with van der Waals surface area (Å²) < 4.78 is 34.8. The van der Waals surface area contributed by atoms with Crippen molar-refractivity contribution < 1.29 is 27.8 Å². The number of alkyl halides is 2. The molecule has 0 aliphatic heterocycles. The molecule has 1 heterocycles. The molecule has 2 N–H and O–H groups in total. The number of nitrogens with zero attached hydrogens (tertiary/aromatic N) is 1. The fourth-order valence-electron chi connectivity index (χ4n) is 2.80. The molecular formula is C23H21F2N3O4S. The van der Waals surface area contributed by atoms with Gasteiger partial charge in [-0.05, 0) is 42.8 Å². The SMILES string of the molecule is CCOc1cc(/C=C/C(=O)Nc2nc(-c3ccc(NC(C)=O)cc3)cs2)ccc1OC(F)F. The van der Waals surface area contributed by atoms with Gasteiger partial charge in [0, 0.05) is 29.6 Å². The van der Waals surface area contributed by atoms with Gasteiger partial charge in [-0.3, -0.25) is 14.9 Å². The number of benzene rings is 2. The Morgan fingerprint density at radius 1 is 1.12 bits per heavy atom. The maximum absolute atomic E-state index is 12.5. The van der Waals surface area contributed by atoms with Crippen molar-refractivity contribution in [2.24, 2.45) is 0 Å². The summed E-state index contributed by atoms with van der Waals surface area (Å²) in [5, 5.41) is 7.61. The van der Waals surface area contributed by atoms with Crippen LogP contribution >= 0.6 is 11.3 Å². The van der Waals surface area contributed by atoms with Crippen LogP contribution in [0.5, 0.6) is 11.5 Å². The van der Waals surface area contributed by atoms with Crippen LogP contribution < -0.4 is 20.1 Å². The molecule has 3 rings (SSSR count). The minimum Gasteiger partial charge on any atom is -0.490 e. The predicted molar refractivity (Wildman–Crippen MR) is 124 cm³/mol. The number of thiazole rings is 1. The molecule has 7 nitrogen and oxygen atoms in total. The summed E-state index contributed by atoms with van der Waals surface area (Å²) in [7, 11) is 0. The molecule has 0 bridgehead atoms. The van der Waals surface area contributed by atoms with Crippen LogP contribution in [0.1, 0.15) is 19.4 Å². The van der Waals surface area contributed by atoms with Crippen LogP contribution in [-0.2, 0) is 9.59 Å². The number of anilines is 2. The van der Waals surface area contributed by atoms with Gasteiger partial charge in [0.1, 0.15) is 0 Å². The number of halogens is 2. The Bertz CT molecular complexity index is 1150. The third kappa shape index (κ3) is 7.11. The Morgan fingerprint density at radius 2 is 1.88 bits per heavy atom. The molecule has 0 unspecified atom stereocenters. The Balaban J connectivity index is 1.63. The summed E-state index contributed by atoms with van der Waals surface area (Å²) in [6, 6.07) is 11.6. The van der Waals surface area contributed by atoms with Crippen LogP contribution in [0.15, 0.2) is 53.9 Å². The maximum atomic E-state index is 12.5. The average Bonchev–Trinajstić information content (AvgIpc) is 3.22. The van der Waals surface area contributed by atoms with E-state index >= 15 is 0 Å². The molecule has 172 valence electrons. The summed E-state index contributed by atoms with van der Waals surface area (Å²) in [5.41, 5.74) is 2.78. The molecule has 0 aliphatic rings. The summed E-state index contributed by atoms with van der Waals surface area (Å²) in [6.45, 7) is 0.471. The number of hydrogen-bond donors (Lipinski definition) is 2. The number of hydrogen-bond acceptors (Lipinski definition) is 6. The van der Waals surface area contributed by atoms with Gasteiger partial charge in [-0.2, -0.15) is 8.78 Å². The van der Waals surface area contributed by atoms with E-state index in [9.17, 15) is 18.4 Å². The molecule has 1 aromatic heterocycles. The number of carbonyl (C=O) groups excluding carboxylic acids is 2. The molecule has 10 heteroatoms. The van der Waals surface area contributed by atoms with E-state index in [1.54, 1.807) is 19.1 Å². The third-order valence-corrected chi connectivity index (χ3v) is 4.90. The van der Waals surface area contributed by atoms with E-state index < -0.39 is 12.5 Å². The van der Waals surface area contributed by atoms with E-state index in [2.05, 4.69) is 20.4 Å². The normalized spacial score (nSPS) is 10.9. The topological polar surface area (TPSA) is 89.5 Å². The minimum atomic E-state index is -2.96. The molecule has 0 saturated carbocycles. The van der Waals surface area contributed by atoms with Crippen LogP contribution in [0.4, 0.5) is 19.6 Å². The first kappa shape index (κ1) is 23.9. The van der Waals surface area contributed by atoms with Crippen LogP contribution in [0.2, 0.25) is 0 Å². The summed E-state index contributed by atoms with van der Waals surface area (Å²) >= 11 is 1.27. The van der Waals surface area contributed by atoms with E-state index in [0.717, 1.165) is 5.56 Å². The first-order valence-electron chi connectivity index (χ1n) is 9.88. The second-order valence-electron chi connectivity index (χ2n) is 6.64. The summed E-state index contributed by atoms with van der Waals surface area (Å²) in [4.78, 5) is 27.8. The number of nitrogens with one attached hydrogen (secondary N) is 2. The molecule has 0 spiro atoms. The summed E-state index contributed by atoms with van der Waals surface area (Å²) in [6.07, 6.45) is 2.83. The molecule has 0 aliphatic carbocycles. The molecular weight excluding hydrogens is 452 g/mol. The number of rotatable bonds is 9. The zero-order chi connectivity index (χ0) is 23.8. The smallest absolute Gasteiger partial charge is 0.387 e. The first-order chi connectivity index (χ1) is 15.8. The van der Waals surface area contributed by atoms with E-state index in [1.807, 2.05) is 17.5 Å². The standard InChI is InChI=1S/C23H21F2N3O4S/c1-3-31-20-12-15(4-10-19(20)32-22(24)25)5-11-21(30)28-23-27-18(13-33-23)16-6-8-17(9-7-16)26-14(2)29/h4-13,22H,3H2,1-2H3,(H,26,29)(H,27,28,30)/b11-5+. The van der Waals surface area contributed by atoms with E-state index in [0.29, 0.717) is 22.1 Å². The van der Waals surface area contributed by atoms with E-state index in [4.69, 9.17) is 4.74 Å². The number of aromatic nitrogens is 1. The highest BCUT2D eigenvalue weighted by Crippen LogP contribution is 2.30. The van der Waals surface area contributed by atoms with Crippen molar-refractivity contribution >= 4 is 40.0 Å². The zero-order valence-electron chi connectivity index (χ0n) is 17.8. The fourth-order valence-corrected chi connectivity index (χ4v) is 3.52. The Kier molecular flexibility index (Phi) is 8.09. The molecule has 0 atom stereocenters. The van der Waals surface area contributed by atoms with Gasteiger partial charge in [0.25, 0.3) is 0 Å². The first-order valence-corrected chi connectivity index (χ1v) is 10.8. The summed E-state index contributed by atoms with van der Waals surface area (Å²) in [5.74, 6) is -0.466. The van der Waals surface area contributed by atoms with Gasteiger partial charge >= 0.3 is 6.61 Å². The van der Waals surface area contributed by atoms with Crippen LogP contribution in [-0.4, -0.2) is 30.0 Å². The van der Waals surface area contributed by atoms with Crippen molar-refractivity contribution in [2.75, 3.05) is 17.2 Å². The van der Waals surface area contributed by atoms with Crippen molar-refractivity contribution in [3.63, 3.8) is 0 Å². The van der Waals surface area contributed by atoms with Gasteiger partial charge in [0.15, 0.2) is 16.6 Å². The van der Waals surface area contributed by atoms with Gasteiger partial charge in [-0.1, -0.05) is 18.2 Å². The van der Waals surface area contributed by atoms with Crippen molar-refractivity contribution in [3.05, 3.63) is 59.5 Å². The molecule has 2 aromatic carbocycles. The molecule has 0 radical (unpaired) electrons. The third-order valence-electron chi connectivity index (χ3n) is 4.15. The van der Waals surface area contributed by atoms with Crippen molar-refractivity contribution in [2.45, 2.75) is 20.5 Å².